The molecule has 0 atom stereocenters. The number of phenols is 2. The van der Waals surface area contributed by atoms with Gasteiger partial charge in [0.05, 0.1) is 0 Å². The average molecular weight is 349 g/mol. The number of ketones is 1. The van der Waals surface area contributed by atoms with Crippen molar-refractivity contribution in [2.24, 2.45) is 0 Å². The molecule has 0 unspecified atom stereocenters. The molecule has 0 heterocycles. The van der Waals surface area contributed by atoms with Crippen LogP contribution in [0.4, 0.5) is 0 Å². The van der Waals surface area contributed by atoms with Gasteiger partial charge in [-0.05, 0) is 18.6 Å². The molecule has 0 fully saturated rings. The largest absolute Gasteiger partial charge is 0.507 e. The number of benzene rings is 1. The van der Waals surface area contributed by atoms with E-state index in [0.29, 0.717) is 6.42 Å². The number of rotatable bonds is 15. The quantitative estimate of drug-likeness (QED) is 0.272. The third-order valence-electron chi connectivity index (χ3n) is 4.81. The smallest absolute Gasteiger partial charge is 0.170 e. The Balaban J connectivity index is 1.96. The van der Waals surface area contributed by atoms with Gasteiger partial charge in [-0.25, -0.2) is 0 Å². The van der Waals surface area contributed by atoms with Gasteiger partial charge in [0.1, 0.15) is 17.1 Å². The maximum atomic E-state index is 12.1. The lowest BCUT2D eigenvalue weighted by Crippen LogP contribution is -2.00. The van der Waals surface area contributed by atoms with Crippen LogP contribution in [0.5, 0.6) is 11.5 Å². The Labute approximate surface area is 153 Å². The maximum absolute atomic E-state index is 12.1. The van der Waals surface area contributed by atoms with E-state index in [-0.39, 0.29) is 22.8 Å². The van der Waals surface area contributed by atoms with E-state index in [1.165, 1.54) is 82.4 Å². The first kappa shape index (κ1) is 21.5. The summed E-state index contributed by atoms with van der Waals surface area (Å²) in [7, 11) is 0. The molecule has 2 N–H and O–H groups in total. The van der Waals surface area contributed by atoms with Gasteiger partial charge in [0.15, 0.2) is 5.78 Å². The second-order valence-electron chi connectivity index (χ2n) is 7.09. The van der Waals surface area contributed by atoms with Gasteiger partial charge >= 0.3 is 0 Å². The number of phenolic OH excluding ortho intramolecular Hbond substituents is 2. The zero-order valence-corrected chi connectivity index (χ0v) is 15.9. The topological polar surface area (TPSA) is 57.5 Å². The van der Waals surface area contributed by atoms with Crippen molar-refractivity contribution in [2.75, 3.05) is 0 Å². The van der Waals surface area contributed by atoms with Crippen molar-refractivity contribution >= 4 is 5.78 Å². The molecule has 0 saturated carbocycles. The molecule has 3 nitrogen and oxygen atoms in total. The van der Waals surface area contributed by atoms with E-state index in [1.807, 2.05) is 0 Å². The van der Waals surface area contributed by atoms with Crippen LogP contribution in [0.3, 0.4) is 0 Å². The molecule has 0 radical (unpaired) electrons. The summed E-state index contributed by atoms with van der Waals surface area (Å²) in [5, 5.41) is 19.4. The Morgan fingerprint density at radius 3 is 1.56 bits per heavy atom. The summed E-state index contributed by atoms with van der Waals surface area (Å²) < 4.78 is 0. The molecule has 0 spiro atoms. The fourth-order valence-electron chi connectivity index (χ4n) is 3.24. The van der Waals surface area contributed by atoms with E-state index in [9.17, 15) is 15.0 Å². The number of aromatic hydroxyl groups is 2. The van der Waals surface area contributed by atoms with E-state index in [0.717, 1.165) is 19.3 Å². The van der Waals surface area contributed by atoms with Crippen molar-refractivity contribution in [1.82, 2.24) is 0 Å². The van der Waals surface area contributed by atoms with Crippen molar-refractivity contribution in [3.8, 4) is 11.5 Å². The highest BCUT2D eigenvalue weighted by Crippen LogP contribution is 2.28. The summed E-state index contributed by atoms with van der Waals surface area (Å²) in [6, 6.07) is 4.42. The van der Waals surface area contributed by atoms with Gasteiger partial charge in [0.2, 0.25) is 0 Å². The van der Waals surface area contributed by atoms with Crippen LogP contribution in [-0.4, -0.2) is 16.0 Å². The first-order chi connectivity index (χ1) is 12.2. The number of hydrogen-bond donors (Lipinski definition) is 2. The molecule has 142 valence electrons. The number of Topliss-reactive ketones (excluding diaryl/α,β-unsaturated/α-hetero) is 1. The maximum Gasteiger partial charge on any atom is 0.170 e. The van der Waals surface area contributed by atoms with E-state index in [1.54, 1.807) is 0 Å². The lowest BCUT2D eigenvalue weighted by Gasteiger charge is -2.06. The average Bonchev–Trinajstić information content (AvgIpc) is 2.59. The third kappa shape index (κ3) is 9.52. The van der Waals surface area contributed by atoms with Crippen molar-refractivity contribution in [2.45, 2.75) is 96.8 Å². The van der Waals surface area contributed by atoms with Crippen LogP contribution in [0.2, 0.25) is 0 Å². The van der Waals surface area contributed by atoms with Crippen LogP contribution in [0, 0.1) is 0 Å². The molecule has 1 aromatic carbocycles. The zero-order valence-electron chi connectivity index (χ0n) is 15.9. The summed E-state index contributed by atoms with van der Waals surface area (Å²) in [4.78, 5) is 12.1. The lowest BCUT2D eigenvalue weighted by molar-refractivity contribution is 0.0973. The molecule has 3 heteroatoms. The van der Waals surface area contributed by atoms with E-state index in [4.69, 9.17) is 0 Å². The molecular formula is C22H36O3. The zero-order chi connectivity index (χ0) is 18.3. The second-order valence-corrected chi connectivity index (χ2v) is 7.09. The van der Waals surface area contributed by atoms with Gasteiger partial charge in [0.25, 0.3) is 0 Å². The highest BCUT2D eigenvalue weighted by atomic mass is 16.3. The molecular weight excluding hydrogens is 312 g/mol. The molecule has 0 aromatic heterocycles. The molecule has 0 aliphatic rings. The summed E-state index contributed by atoms with van der Waals surface area (Å²) >= 11 is 0. The highest BCUT2D eigenvalue weighted by molar-refractivity contribution is 6.01. The Bertz CT molecular complexity index is 462. The number of carbonyl (C=O) groups is 1. The molecule has 0 bridgehead atoms. The summed E-state index contributed by atoms with van der Waals surface area (Å²) in [5.74, 6) is -0.418. The van der Waals surface area contributed by atoms with Crippen LogP contribution >= 0.6 is 0 Å². The van der Waals surface area contributed by atoms with Crippen molar-refractivity contribution < 1.29 is 15.0 Å². The third-order valence-corrected chi connectivity index (χ3v) is 4.81. The van der Waals surface area contributed by atoms with Gasteiger partial charge in [0, 0.05) is 6.42 Å². The molecule has 25 heavy (non-hydrogen) atoms. The highest BCUT2D eigenvalue weighted by Gasteiger charge is 2.15. The Morgan fingerprint density at radius 2 is 1.12 bits per heavy atom. The van der Waals surface area contributed by atoms with Gasteiger partial charge in [-0.1, -0.05) is 90.0 Å². The predicted octanol–water partition coefficient (Wildman–Crippen LogP) is 6.76. The van der Waals surface area contributed by atoms with Gasteiger partial charge < -0.3 is 10.2 Å². The number of unbranched alkanes of at least 4 members (excludes halogenated alkanes) is 12. The van der Waals surface area contributed by atoms with Gasteiger partial charge in [-0.2, -0.15) is 0 Å². The Hall–Kier alpha value is -1.51. The normalized spacial score (nSPS) is 10.9. The monoisotopic (exact) mass is 348 g/mol. The summed E-state index contributed by atoms with van der Waals surface area (Å²) in [6.45, 7) is 2.26. The fourth-order valence-corrected chi connectivity index (χ4v) is 3.24. The summed E-state index contributed by atoms with van der Waals surface area (Å²) in [6.07, 6.45) is 16.9. The minimum atomic E-state index is -0.168. The van der Waals surface area contributed by atoms with E-state index in [2.05, 4.69) is 6.92 Å². The second kappa shape index (κ2) is 13.7. The molecule has 0 aliphatic carbocycles. The van der Waals surface area contributed by atoms with E-state index < -0.39 is 0 Å². The molecule has 0 saturated heterocycles. The standard InChI is InChI=1S/C22H36O3/c1-2-3-4-5-6-7-8-9-10-11-12-13-14-16-19(23)22-20(24)17-15-18-21(22)25/h15,17-18,24-25H,2-14,16H2,1H3. The first-order valence-corrected chi connectivity index (χ1v) is 10.2. The van der Waals surface area contributed by atoms with E-state index >= 15 is 0 Å². The minimum absolute atomic E-state index is 0.0708. The van der Waals surface area contributed by atoms with Crippen LogP contribution in [0.25, 0.3) is 0 Å². The Kier molecular flexibility index (Phi) is 11.8. The van der Waals surface area contributed by atoms with Crippen LogP contribution in [0.15, 0.2) is 18.2 Å². The molecule has 1 rings (SSSR count). The van der Waals surface area contributed by atoms with Crippen molar-refractivity contribution in [3.63, 3.8) is 0 Å². The lowest BCUT2D eigenvalue weighted by atomic mass is 10.0. The number of hydrogen-bond acceptors (Lipinski definition) is 3. The number of carbonyl (C=O) groups excluding carboxylic acids is 1. The van der Waals surface area contributed by atoms with Crippen molar-refractivity contribution in [3.05, 3.63) is 23.8 Å². The summed E-state index contributed by atoms with van der Waals surface area (Å²) in [5.41, 5.74) is 0.0708. The fraction of sp³-hybridized carbons (Fsp3) is 0.682. The van der Waals surface area contributed by atoms with Crippen LogP contribution in [0.1, 0.15) is 107 Å². The Morgan fingerprint density at radius 1 is 0.720 bits per heavy atom. The first-order valence-electron chi connectivity index (χ1n) is 10.2. The molecule has 1 aromatic rings. The van der Waals surface area contributed by atoms with Crippen LogP contribution in [-0.2, 0) is 0 Å². The van der Waals surface area contributed by atoms with Gasteiger partial charge in [-0.3, -0.25) is 4.79 Å². The van der Waals surface area contributed by atoms with Crippen molar-refractivity contribution in [1.29, 1.82) is 0 Å². The molecule has 0 aliphatic heterocycles. The minimum Gasteiger partial charge on any atom is -0.507 e. The van der Waals surface area contributed by atoms with Gasteiger partial charge in [-0.15, -0.1) is 0 Å². The van der Waals surface area contributed by atoms with Crippen LogP contribution < -0.4 is 0 Å². The SMILES string of the molecule is CCCCCCCCCCCCCCCC(=O)c1c(O)cccc1O. The molecule has 0 amide bonds. The predicted molar refractivity (Wildman–Crippen MR) is 104 cm³/mol.